The smallest absolute Gasteiger partial charge is 0.308 e. The number of hydrogen-bond donors (Lipinski definition) is 1. The lowest BCUT2D eigenvalue weighted by Gasteiger charge is -2.29. The fourth-order valence-corrected chi connectivity index (χ4v) is 4.41. The van der Waals surface area contributed by atoms with Gasteiger partial charge in [0.15, 0.2) is 0 Å². The van der Waals surface area contributed by atoms with E-state index in [1.54, 1.807) is 4.90 Å². The molecule has 0 saturated carbocycles. The molecule has 3 aromatic carbocycles. The zero-order valence-electron chi connectivity index (χ0n) is 21.2. The number of rotatable bonds is 10. The molecule has 1 atom stereocenters. The molecule has 1 amide bonds. The number of nitrogens with two attached hydrogens (primary N) is 1. The normalized spacial score (nSPS) is 12.3. The fourth-order valence-electron chi connectivity index (χ4n) is 4.14. The van der Waals surface area contributed by atoms with Crippen molar-refractivity contribution in [3.05, 3.63) is 106 Å². The van der Waals surface area contributed by atoms with Gasteiger partial charge >= 0.3 is 5.97 Å². The van der Waals surface area contributed by atoms with Crippen LogP contribution in [-0.2, 0) is 14.3 Å². The van der Waals surface area contributed by atoms with Crippen LogP contribution in [0, 0.1) is 0 Å². The predicted octanol–water partition coefficient (Wildman–Crippen LogP) is 6.23. The highest BCUT2D eigenvalue weighted by Crippen LogP contribution is 2.29. The second kappa shape index (κ2) is 12.8. The highest BCUT2D eigenvalue weighted by atomic mass is 79.9. The summed E-state index contributed by atoms with van der Waals surface area (Å²) >= 11 is 3.42. The number of hydrogen-bond acceptors (Lipinski definition) is 4. The molecule has 2 N–H and O–H groups in total. The Morgan fingerprint density at radius 1 is 0.833 bits per heavy atom. The molecule has 190 valence electrons. The standard InChI is InChI=1S/C30H35BrN2O3/c1-30(2,3)36-27(34)19-21-33(29(35)28(32)24-14-16-25(31)17-15-24)20-18-26(22-10-6-4-7-11-22)23-12-8-5-9-13-23/h4-17,26,28H,18-21,32H2,1-3H3. The first-order valence-electron chi connectivity index (χ1n) is 12.3. The molecule has 0 aliphatic carbocycles. The van der Waals surface area contributed by atoms with Crippen LogP contribution in [0.15, 0.2) is 89.4 Å². The molecule has 0 saturated heterocycles. The van der Waals surface area contributed by atoms with Gasteiger partial charge in [0.05, 0.1) is 6.42 Å². The van der Waals surface area contributed by atoms with Gasteiger partial charge in [0, 0.05) is 23.5 Å². The van der Waals surface area contributed by atoms with Gasteiger partial charge in [-0.3, -0.25) is 9.59 Å². The van der Waals surface area contributed by atoms with E-state index in [0.717, 1.165) is 10.0 Å². The average molecular weight is 552 g/mol. The molecule has 0 aliphatic heterocycles. The van der Waals surface area contributed by atoms with Crippen molar-refractivity contribution < 1.29 is 14.3 Å². The average Bonchev–Trinajstić information content (AvgIpc) is 2.86. The Labute approximate surface area is 222 Å². The molecule has 0 fully saturated rings. The van der Waals surface area contributed by atoms with Crippen LogP contribution in [0.3, 0.4) is 0 Å². The molecule has 36 heavy (non-hydrogen) atoms. The fraction of sp³-hybridized carbons (Fsp3) is 0.333. The van der Waals surface area contributed by atoms with Crippen molar-refractivity contribution in [2.75, 3.05) is 13.1 Å². The zero-order valence-corrected chi connectivity index (χ0v) is 22.8. The van der Waals surface area contributed by atoms with Crippen molar-refractivity contribution in [3.8, 4) is 0 Å². The first-order chi connectivity index (χ1) is 17.1. The van der Waals surface area contributed by atoms with Gasteiger partial charge in [-0.2, -0.15) is 0 Å². The van der Waals surface area contributed by atoms with Crippen molar-refractivity contribution in [1.29, 1.82) is 0 Å². The summed E-state index contributed by atoms with van der Waals surface area (Å²) in [6, 6.07) is 27.2. The first-order valence-corrected chi connectivity index (χ1v) is 13.0. The summed E-state index contributed by atoms with van der Waals surface area (Å²) in [5.74, 6) is -0.436. The first kappa shape index (κ1) is 27.6. The summed E-state index contributed by atoms with van der Waals surface area (Å²) in [7, 11) is 0. The van der Waals surface area contributed by atoms with Crippen molar-refractivity contribution in [1.82, 2.24) is 4.90 Å². The van der Waals surface area contributed by atoms with Gasteiger partial charge in [-0.05, 0) is 56.0 Å². The second-order valence-corrected chi connectivity index (χ2v) is 10.8. The molecule has 0 bridgehead atoms. The number of carbonyl (C=O) groups is 2. The van der Waals surface area contributed by atoms with Crippen LogP contribution in [0.2, 0.25) is 0 Å². The summed E-state index contributed by atoms with van der Waals surface area (Å²) in [6.07, 6.45) is 0.804. The van der Waals surface area contributed by atoms with Gasteiger partial charge in [0.2, 0.25) is 5.91 Å². The monoisotopic (exact) mass is 550 g/mol. The van der Waals surface area contributed by atoms with Gasteiger partial charge in [0.1, 0.15) is 11.6 Å². The lowest BCUT2D eigenvalue weighted by molar-refractivity contribution is -0.155. The SMILES string of the molecule is CC(C)(C)OC(=O)CCN(CCC(c1ccccc1)c1ccccc1)C(=O)C(N)c1ccc(Br)cc1. The van der Waals surface area contributed by atoms with E-state index in [0.29, 0.717) is 13.0 Å². The topological polar surface area (TPSA) is 72.6 Å². The minimum absolute atomic E-state index is 0.105. The number of esters is 1. The number of benzene rings is 3. The Morgan fingerprint density at radius 2 is 1.36 bits per heavy atom. The third kappa shape index (κ3) is 8.32. The van der Waals surface area contributed by atoms with E-state index in [9.17, 15) is 9.59 Å². The quantitative estimate of drug-likeness (QED) is 0.303. The van der Waals surface area contributed by atoms with E-state index in [2.05, 4.69) is 40.2 Å². The van der Waals surface area contributed by atoms with E-state index in [-0.39, 0.29) is 30.8 Å². The number of amides is 1. The molecule has 0 spiro atoms. The van der Waals surface area contributed by atoms with E-state index in [1.165, 1.54) is 11.1 Å². The van der Waals surface area contributed by atoms with Gasteiger partial charge in [0.25, 0.3) is 0 Å². The Balaban J connectivity index is 1.81. The van der Waals surface area contributed by atoms with Gasteiger partial charge < -0.3 is 15.4 Å². The van der Waals surface area contributed by atoms with Crippen molar-refractivity contribution in [2.45, 2.75) is 51.2 Å². The van der Waals surface area contributed by atoms with Crippen molar-refractivity contribution in [2.24, 2.45) is 5.73 Å². The summed E-state index contributed by atoms with van der Waals surface area (Å²) in [6.45, 7) is 6.21. The van der Waals surface area contributed by atoms with Crippen LogP contribution in [0.25, 0.3) is 0 Å². The molecular formula is C30H35BrN2O3. The summed E-state index contributed by atoms with van der Waals surface area (Å²) in [5.41, 5.74) is 8.92. The third-order valence-corrected chi connectivity index (χ3v) is 6.43. The summed E-state index contributed by atoms with van der Waals surface area (Å²) in [5, 5.41) is 0. The number of carbonyl (C=O) groups excluding carboxylic acids is 2. The highest BCUT2D eigenvalue weighted by molar-refractivity contribution is 9.10. The van der Waals surface area contributed by atoms with E-state index < -0.39 is 11.6 Å². The molecule has 0 aromatic heterocycles. The zero-order chi connectivity index (χ0) is 26.1. The highest BCUT2D eigenvalue weighted by Gasteiger charge is 2.26. The van der Waals surface area contributed by atoms with Crippen LogP contribution in [-0.4, -0.2) is 35.5 Å². The Kier molecular flexibility index (Phi) is 9.85. The van der Waals surface area contributed by atoms with Gasteiger partial charge in [-0.1, -0.05) is 88.7 Å². The maximum absolute atomic E-state index is 13.5. The molecule has 6 heteroatoms. The Hall–Kier alpha value is -2.96. The van der Waals surface area contributed by atoms with Crippen LogP contribution < -0.4 is 5.73 Å². The van der Waals surface area contributed by atoms with Crippen LogP contribution >= 0.6 is 15.9 Å². The van der Waals surface area contributed by atoms with Crippen molar-refractivity contribution >= 4 is 27.8 Å². The number of nitrogens with zero attached hydrogens (tertiary/aromatic N) is 1. The summed E-state index contributed by atoms with van der Waals surface area (Å²) < 4.78 is 6.39. The van der Waals surface area contributed by atoms with Crippen LogP contribution in [0.4, 0.5) is 0 Å². The molecular weight excluding hydrogens is 516 g/mol. The Bertz CT molecular complexity index is 1070. The van der Waals surface area contributed by atoms with Crippen LogP contribution in [0.5, 0.6) is 0 Å². The van der Waals surface area contributed by atoms with E-state index in [4.69, 9.17) is 10.5 Å². The van der Waals surface area contributed by atoms with E-state index >= 15 is 0 Å². The van der Waals surface area contributed by atoms with Gasteiger partial charge in [-0.25, -0.2) is 0 Å². The summed E-state index contributed by atoms with van der Waals surface area (Å²) in [4.78, 5) is 27.7. The predicted molar refractivity (Wildman–Crippen MR) is 147 cm³/mol. The molecule has 3 rings (SSSR count). The minimum atomic E-state index is -0.816. The molecule has 5 nitrogen and oxygen atoms in total. The molecule has 1 unspecified atom stereocenters. The lowest BCUT2D eigenvalue weighted by Crippen LogP contribution is -2.41. The second-order valence-electron chi connectivity index (χ2n) is 9.85. The molecule has 0 radical (unpaired) electrons. The maximum atomic E-state index is 13.5. The number of halogens is 1. The molecule has 0 aliphatic rings. The van der Waals surface area contributed by atoms with Crippen LogP contribution in [0.1, 0.15) is 62.3 Å². The van der Waals surface area contributed by atoms with Gasteiger partial charge in [-0.15, -0.1) is 0 Å². The van der Waals surface area contributed by atoms with Crippen molar-refractivity contribution in [3.63, 3.8) is 0 Å². The number of ether oxygens (including phenoxy) is 1. The minimum Gasteiger partial charge on any atom is -0.460 e. The van der Waals surface area contributed by atoms with E-state index in [1.807, 2.05) is 81.4 Å². The lowest BCUT2D eigenvalue weighted by atomic mass is 9.88. The maximum Gasteiger partial charge on any atom is 0.308 e. The Morgan fingerprint density at radius 3 is 1.86 bits per heavy atom. The third-order valence-electron chi connectivity index (χ3n) is 5.90. The molecule has 0 heterocycles. The molecule has 3 aromatic rings. The largest absolute Gasteiger partial charge is 0.460 e.